The summed E-state index contributed by atoms with van der Waals surface area (Å²) in [4.78, 5) is 2.57. The Morgan fingerprint density at radius 1 is 0.353 bits per heavy atom. The first-order valence-corrected chi connectivity index (χ1v) is 18.0. The molecule has 0 unspecified atom stereocenters. The van der Waals surface area contributed by atoms with Crippen molar-refractivity contribution in [2.75, 3.05) is 4.90 Å². The van der Waals surface area contributed by atoms with Gasteiger partial charge in [0, 0.05) is 43.7 Å². The minimum atomic E-state index is -0.290. The van der Waals surface area contributed by atoms with Crippen molar-refractivity contribution >= 4 is 60.7 Å². The Kier molecular flexibility index (Phi) is 5.52. The predicted molar refractivity (Wildman–Crippen MR) is 214 cm³/mol. The number of fused-ring (bicyclic) bond motifs is 10. The minimum absolute atomic E-state index is 0.206. The van der Waals surface area contributed by atoms with Gasteiger partial charge >= 0.3 is 0 Å². The van der Waals surface area contributed by atoms with Crippen LogP contribution < -0.4 is 4.90 Å². The number of hydrogen-bond donors (Lipinski definition) is 0. The molecular formula is C48H37N3. The van der Waals surface area contributed by atoms with Gasteiger partial charge in [-0.2, -0.15) is 0 Å². The standard InChI is InChI=1S/C48H37N3/c1-47(2)36-19-9-14-24-44(36)51-45-26-25-30(49-40-20-10-5-15-32(40)33-16-6-11-21-41(33)49)27-37(45)48(3,4)39-29-31(28-38(47)46(39)51)50-42-22-12-7-17-34(42)35-18-8-13-23-43(35)50/h5-29H,1-4H3. The van der Waals surface area contributed by atoms with Crippen LogP contribution in [0.4, 0.5) is 17.1 Å². The van der Waals surface area contributed by atoms with Gasteiger partial charge in [0.15, 0.2) is 0 Å². The highest BCUT2D eigenvalue weighted by molar-refractivity contribution is 6.10. The Morgan fingerprint density at radius 3 is 1.27 bits per heavy atom. The van der Waals surface area contributed by atoms with E-state index < -0.39 is 0 Å². The molecular weight excluding hydrogens is 619 g/mol. The first-order chi connectivity index (χ1) is 24.8. The van der Waals surface area contributed by atoms with Crippen LogP contribution in [0, 0.1) is 0 Å². The van der Waals surface area contributed by atoms with Gasteiger partial charge in [-0.25, -0.2) is 0 Å². The average Bonchev–Trinajstić information content (AvgIpc) is 3.68. The number of para-hydroxylation sites is 5. The summed E-state index contributed by atoms with van der Waals surface area (Å²) < 4.78 is 4.94. The van der Waals surface area contributed by atoms with E-state index in [0.29, 0.717) is 0 Å². The van der Waals surface area contributed by atoms with Crippen LogP contribution in [0.1, 0.15) is 49.9 Å². The van der Waals surface area contributed by atoms with Gasteiger partial charge in [0.05, 0.1) is 39.1 Å². The molecule has 2 aliphatic rings. The lowest BCUT2D eigenvalue weighted by Gasteiger charge is -2.49. The Labute approximate surface area is 297 Å². The molecule has 3 nitrogen and oxygen atoms in total. The van der Waals surface area contributed by atoms with Gasteiger partial charge < -0.3 is 14.0 Å². The van der Waals surface area contributed by atoms with Crippen molar-refractivity contribution in [2.45, 2.75) is 38.5 Å². The predicted octanol–water partition coefficient (Wildman–Crippen LogP) is 12.6. The van der Waals surface area contributed by atoms with E-state index in [1.807, 2.05) is 0 Å². The van der Waals surface area contributed by atoms with Crippen molar-refractivity contribution < 1.29 is 0 Å². The molecule has 2 aromatic heterocycles. The van der Waals surface area contributed by atoms with Gasteiger partial charge in [-0.05, 0) is 82.9 Å². The minimum Gasteiger partial charge on any atom is -0.309 e. The molecule has 0 aliphatic carbocycles. The van der Waals surface area contributed by atoms with Crippen LogP contribution >= 0.6 is 0 Å². The van der Waals surface area contributed by atoms with Crippen molar-refractivity contribution in [3.63, 3.8) is 0 Å². The van der Waals surface area contributed by atoms with E-state index in [1.165, 1.54) is 94.3 Å². The van der Waals surface area contributed by atoms with E-state index in [9.17, 15) is 0 Å². The second-order valence-electron chi connectivity index (χ2n) is 15.4. The summed E-state index contributed by atoms with van der Waals surface area (Å²) in [5.41, 5.74) is 16.1. The molecule has 11 rings (SSSR count). The third kappa shape index (κ3) is 3.63. The summed E-state index contributed by atoms with van der Waals surface area (Å²) in [5, 5.41) is 5.13. The van der Waals surface area contributed by atoms with E-state index >= 15 is 0 Å². The molecule has 0 fully saturated rings. The zero-order chi connectivity index (χ0) is 34.2. The van der Waals surface area contributed by atoms with Crippen molar-refractivity contribution in [3.05, 3.63) is 174 Å². The highest BCUT2D eigenvalue weighted by atomic mass is 15.2. The van der Waals surface area contributed by atoms with Gasteiger partial charge in [0.25, 0.3) is 0 Å². The molecule has 0 saturated heterocycles. The smallest absolute Gasteiger partial charge is 0.0545 e. The second-order valence-corrected chi connectivity index (χ2v) is 15.4. The summed E-state index contributed by atoms with van der Waals surface area (Å²) in [6, 6.07) is 56.5. The van der Waals surface area contributed by atoms with E-state index in [-0.39, 0.29) is 10.8 Å². The molecule has 0 atom stereocenters. The van der Waals surface area contributed by atoms with Crippen LogP contribution in [0.25, 0.3) is 55.0 Å². The number of rotatable bonds is 2. The maximum atomic E-state index is 2.57. The summed E-state index contributed by atoms with van der Waals surface area (Å²) >= 11 is 0. The summed E-state index contributed by atoms with van der Waals surface area (Å²) in [6.45, 7) is 9.67. The Bertz CT molecular complexity index is 2830. The molecule has 4 heterocycles. The summed E-state index contributed by atoms with van der Waals surface area (Å²) in [7, 11) is 0. The quantitative estimate of drug-likeness (QED) is 0.181. The first-order valence-electron chi connectivity index (χ1n) is 18.0. The zero-order valence-corrected chi connectivity index (χ0v) is 29.3. The fourth-order valence-corrected chi connectivity index (χ4v) is 9.56. The third-order valence-corrected chi connectivity index (χ3v) is 12.1. The van der Waals surface area contributed by atoms with Crippen LogP contribution in [0.3, 0.4) is 0 Å². The van der Waals surface area contributed by atoms with Crippen molar-refractivity contribution in [3.8, 4) is 11.4 Å². The average molecular weight is 656 g/mol. The molecule has 0 saturated carbocycles. The van der Waals surface area contributed by atoms with Gasteiger partial charge in [-0.3, -0.25) is 0 Å². The molecule has 0 radical (unpaired) electrons. The molecule has 0 spiro atoms. The number of nitrogens with zero attached hydrogens (tertiary/aromatic N) is 3. The SMILES string of the molecule is CC1(C)c2ccccc2N2c3ccc(-n4c5ccccc5c5ccccc54)cc3C(C)(C)c3cc(-n4c5ccccc5c5ccccc54)cc1c32. The second kappa shape index (κ2) is 9.80. The van der Waals surface area contributed by atoms with Gasteiger partial charge in [-0.1, -0.05) is 119 Å². The lowest BCUT2D eigenvalue weighted by Crippen LogP contribution is -2.38. The first kappa shape index (κ1) is 28.7. The van der Waals surface area contributed by atoms with Crippen LogP contribution in [-0.4, -0.2) is 9.13 Å². The van der Waals surface area contributed by atoms with Crippen LogP contribution in [0.2, 0.25) is 0 Å². The Balaban J connectivity index is 1.23. The van der Waals surface area contributed by atoms with E-state index in [0.717, 1.165) is 0 Å². The van der Waals surface area contributed by atoms with Crippen LogP contribution in [0.5, 0.6) is 0 Å². The maximum Gasteiger partial charge on any atom is 0.0545 e. The highest BCUT2D eigenvalue weighted by Gasteiger charge is 2.46. The Hall–Kier alpha value is -6.06. The molecule has 0 amide bonds. The lowest BCUT2D eigenvalue weighted by molar-refractivity contribution is 0.596. The topological polar surface area (TPSA) is 13.1 Å². The lowest BCUT2D eigenvalue weighted by atomic mass is 9.66. The molecule has 9 aromatic rings. The van der Waals surface area contributed by atoms with Crippen molar-refractivity contribution in [2.24, 2.45) is 0 Å². The highest BCUT2D eigenvalue weighted by Crippen LogP contribution is 2.61. The molecule has 0 bridgehead atoms. The molecule has 244 valence electrons. The normalized spacial score (nSPS) is 15.3. The van der Waals surface area contributed by atoms with Gasteiger partial charge in [0.1, 0.15) is 0 Å². The molecule has 3 heteroatoms. The fourth-order valence-electron chi connectivity index (χ4n) is 9.56. The number of aromatic nitrogens is 2. The fraction of sp³-hybridized carbons (Fsp3) is 0.125. The third-order valence-electron chi connectivity index (χ3n) is 12.1. The molecule has 2 aliphatic heterocycles. The zero-order valence-electron chi connectivity index (χ0n) is 29.3. The molecule has 7 aromatic carbocycles. The van der Waals surface area contributed by atoms with Crippen LogP contribution in [0.15, 0.2) is 152 Å². The van der Waals surface area contributed by atoms with E-state index in [2.05, 4.69) is 193 Å². The maximum absolute atomic E-state index is 2.57. The van der Waals surface area contributed by atoms with Crippen LogP contribution in [-0.2, 0) is 10.8 Å². The van der Waals surface area contributed by atoms with E-state index in [1.54, 1.807) is 0 Å². The number of hydrogen-bond acceptors (Lipinski definition) is 1. The monoisotopic (exact) mass is 655 g/mol. The van der Waals surface area contributed by atoms with Crippen molar-refractivity contribution in [1.82, 2.24) is 9.13 Å². The number of anilines is 3. The van der Waals surface area contributed by atoms with Gasteiger partial charge in [0.2, 0.25) is 0 Å². The van der Waals surface area contributed by atoms with Crippen molar-refractivity contribution in [1.29, 1.82) is 0 Å². The largest absolute Gasteiger partial charge is 0.309 e. The van der Waals surface area contributed by atoms with Gasteiger partial charge in [-0.15, -0.1) is 0 Å². The Morgan fingerprint density at radius 2 is 0.745 bits per heavy atom. The molecule has 0 N–H and O–H groups in total. The summed E-state index contributed by atoms with van der Waals surface area (Å²) in [6.07, 6.45) is 0. The molecule has 51 heavy (non-hydrogen) atoms. The number of benzene rings is 7. The van der Waals surface area contributed by atoms with E-state index in [4.69, 9.17) is 0 Å². The summed E-state index contributed by atoms with van der Waals surface area (Å²) in [5.74, 6) is 0.